The molecule has 0 spiro atoms. The van der Waals surface area contributed by atoms with E-state index < -0.39 is 8.56 Å². The Balaban J connectivity index is 1.45. The molecule has 272 valence electrons. The number of amides is 1. The number of ether oxygens (including phenoxy) is 2. The molecule has 0 aromatic heterocycles. The van der Waals surface area contributed by atoms with Gasteiger partial charge in [0.05, 0.1) is 12.7 Å². The van der Waals surface area contributed by atoms with Crippen LogP contribution in [0.25, 0.3) is 0 Å². The monoisotopic (exact) mass is 668 g/mol. The number of nitrogens with one attached hydrogen (secondary N) is 1. The maximum Gasteiger partial charge on any atom is 0.349 e. The van der Waals surface area contributed by atoms with Crippen molar-refractivity contribution in [1.29, 1.82) is 0 Å². The molecule has 7 heteroatoms. The van der Waals surface area contributed by atoms with Gasteiger partial charge in [0.1, 0.15) is 18.3 Å². The lowest BCUT2D eigenvalue weighted by Gasteiger charge is -2.53. The Labute approximate surface area is 286 Å². The molecule has 0 unspecified atom stereocenters. The van der Waals surface area contributed by atoms with E-state index >= 15 is 0 Å². The first-order valence-corrected chi connectivity index (χ1v) is 21.5. The smallest absolute Gasteiger partial charge is 0.349 e. The van der Waals surface area contributed by atoms with Crippen LogP contribution in [0.15, 0.2) is 0 Å². The molecular weight excluding hydrogens is 591 g/mol. The van der Waals surface area contributed by atoms with Crippen LogP contribution in [0.1, 0.15) is 190 Å². The van der Waals surface area contributed by atoms with E-state index in [1.807, 2.05) is 0 Å². The quantitative estimate of drug-likeness (QED) is 0.0775. The van der Waals surface area contributed by atoms with Gasteiger partial charge >= 0.3 is 8.56 Å². The summed E-state index contributed by atoms with van der Waals surface area (Å²) in [6.07, 6.45) is 28.0. The Morgan fingerprint density at radius 1 is 0.717 bits per heavy atom. The molecule has 6 nitrogen and oxygen atoms in total. The molecule has 0 aromatic carbocycles. The summed E-state index contributed by atoms with van der Waals surface area (Å²) < 4.78 is 25.9. The molecule has 0 radical (unpaired) electrons. The Hall–Kier alpha value is -0.473. The van der Waals surface area contributed by atoms with Gasteiger partial charge in [0, 0.05) is 30.2 Å². The number of carbonyl (C=O) groups is 1. The zero-order valence-electron chi connectivity index (χ0n) is 31.8. The van der Waals surface area contributed by atoms with Crippen LogP contribution in [0, 0.1) is 0 Å². The first-order valence-electron chi connectivity index (χ1n) is 19.7. The van der Waals surface area contributed by atoms with E-state index in [1.165, 1.54) is 109 Å². The van der Waals surface area contributed by atoms with Crippen molar-refractivity contribution in [2.24, 2.45) is 0 Å². The van der Waals surface area contributed by atoms with Crippen LogP contribution in [0.2, 0.25) is 10.1 Å². The van der Waals surface area contributed by atoms with Crippen LogP contribution in [-0.2, 0) is 23.1 Å². The van der Waals surface area contributed by atoms with E-state index in [-0.39, 0.29) is 40.4 Å². The van der Waals surface area contributed by atoms with Gasteiger partial charge in [-0.1, -0.05) is 164 Å². The van der Waals surface area contributed by atoms with E-state index in [0.29, 0.717) is 19.6 Å². The van der Waals surface area contributed by atoms with E-state index in [2.05, 4.69) is 53.8 Å². The Morgan fingerprint density at radius 3 is 1.61 bits per heavy atom. The van der Waals surface area contributed by atoms with Gasteiger partial charge in [0.25, 0.3) is 0 Å². The topological polar surface area (TPSA) is 66.0 Å². The van der Waals surface area contributed by atoms with Crippen LogP contribution in [0.4, 0.5) is 0 Å². The molecular formula is C39H77NO5Si. The maximum absolute atomic E-state index is 12.4. The summed E-state index contributed by atoms with van der Waals surface area (Å²) in [4.78, 5) is 12.4. The zero-order valence-corrected chi connectivity index (χ0v) is 32.8. The van der Waals surface area contributed by atoms with Gasteiger partial charge in [-0.2, -0.15) is 0 Å². The van der Waals surface area contributed by atoms with Crippen molar-refractivity contribution in [3.8, 4) is 0 Å². The third kappa shape index (κ3) is 14.2. The largest absolute Gasteiger partial charge is 0.391 e. The molecule has 0 aliphatic carbocycles. The van der Waals surface area contributed by atoms with Gasteiger partial charge in [0.15, 0.2) is 0 Å². The molecule has 46 heavy (non-hydrogen) atoms. The highest BCUT2D eigenvalue weighted by atomic mass is 28.4. The van der Waals surface area contributed by atoms with Gasteiger partial charge in [-0.05, 0) is 19.3 Å². The van der Waals surface area contributed by atoms with Crippen molar-refractivity contribution in [3.05, 3.63) is 0 Å². The SMILES string of the molecule is CCCCCCCCCCCCCCCCCCCCCC(=O)NCCC[C@@H]1O[C@@H]2CO[Si](C(C)(C)C)(C(C)(C)C)O[C@H]2[C@H]1OC. The van der Waals surface area contributed by atoms with Crippen molar-refractivity contribution < 1.29 is 23.1 Å². The molecule has 4 atom stereocenters. The third-order valence-corrected chi connectivity index (χ3v) is 15.5. The summed E-state index contributed by atoms with van der Waals surface area (Å²) in [5.74, 6) is 0.180. The number of hydrogen-bond donors (Lipinski definition) is 1. The Bertz CT molecular complexity index is 780. The zero-order chi connectivity index (χ0) is 33.9. The lowest BCUT2D eigenvalue weighted by molar-refractivity contribution is -0.121. The third-order valence-electron chi connectivity index (χ3n) is 10.4. The predicted molar refractivity (Wildman–Crippen MR) is 196 cm³/mol. The summed E-state index contributed by atoms with van der Waals surface area (Å²) >= 11 is 0. The predicted octanol–water partition coefficient (Wildman–Crippen LogP) is 10.9. The van der Waals surface area contributed by atoms with E-state index in [9.17, 15) is 4.79 Å². The van der Waals surface area contributed by atoms with Crippen LogP contribution in [-0.4, -0.2) is 59.1 Å². The minimum atomic E-state index is -2.57. The minimum absolute atomic E-state index is 0.0371. The number of carbonyl (C=O) groups excluding carboxylic acids is 1. The molecule has 2 heterocycles. The average molecular weight is 668 g/mol. The molecule has 0 saturated carbocycles. The van der Waals surface area contributed by atoms with Gasteiger partial charge in [-0.15, -0.1) is 0 Å². The number of methoxy groups -OCH3 is 1. The maximum atomic E-state index is 12.4. The molecule has 0 bridgehead atoms. The van der Waals surface area contributed by atoms with Crippen molar-refractivity contribution in [1.82, 2.24) is 5.32 Å². The van der Waals surface area contributed by atoms with Gasteiger partial charge in [0.2, 0.25) is 5.91 Å². The lowest BCUT2D eigenvalue weighted by Crippen LogP contribution is -2.65. The van der Waals surface area contributed by atoms with Crippen LogP contribution >= 0.6 is 0 Å². The minimum Gasteiger partial charge on any atom is -0.391 e. The first-order chi connectivity index (χ1) is 22.0. The van der Waals surface area contributed by atoms with Crippen molar-refractivity contribution in [3.63, 3.8) is 0 Å². The fourth-order valence-electron chi connectivity index (χ4n) is 7.92. The fourth-order valence-corrected chi connectivity index (χ4v) is 12.9. The highest BCUT2D eigenvalue weighted by Gasteiger charge is 2.64. The Morgan fingerprint density at radius 2 is 1.17 bits per heavy atom. The first kappa shape index (κ1) is 41.7. The molecule has 0 aromatic rings. The number of fused-ring (bicyclic) bond motifs is 1. The number of unbranched alkanes of at least 4 members (excludes halogenated alkanes) is 18. The summed E-state index contributed by atoms with van der Waals surface area (Å²) in [6.45, 7) is 17.0. The van der Waals surface area contributed by atoms with E-state index in [1.54, 1.807) is 7.11 Å². The molecule has 2 fully saturated rings. The van der Waals surface area contributed by atoms with Gasteiger partial charge in [-0.25, -0.2) is 0 Å². The fraction of sp³-hybridized carbons (Fsp3) is 0.974. The summed E-state index contributed by atoms with van der Waals surface area (Å²) in [5, 5.41) is 3.00. The molecule has 2 aliphatic rings. The second-order valence-electron chi connectivity index (χ2n) is 16.5. The standard InChI is InChI=1S/C39H77NO5Si/c1-9-10-11-12-13-14-15-16-17-18-19-20-21-22-23-24-25-26-27-30-35(41)40-31-28-29-33-36(42-8)37-34(44-33)32-43-46(45-37,38(2,3)4)39(5,6)7/h33-34,36-37H,9-32H2,1-8H3,(H,40,41)/t33-,34+,36-,37+/m0/s1. The van der Waals surface area contributed by atoms with Crippen molar-refractivity contribution in [2.75, 3.05) is 20.3 Å². The average Bonchev–Trinajstić information content (AvgIpc) is 3.35. The highest BCUT2D eigenvalue weighted by molar-refractivity contribution is 6.73. The molecule has 2 aliphatic heterocycles. The van der Waals surface area contributed by atoms with E-state index in [0.717, 1.165) is 25.7 Å². The number of hydrogen-bond acceptors (Lipinski definition) is 5. The highest BCUT2D eigenvalue weighted by Crippen LogP contribution is 2.55. The van der Waals surface area contributed by atoms with Gasteiger partial charge in [-0.3, -0.25) is 4.79 Å². The van der Waals surface area contributed by atoms with Crippen LogP contribution < -0.4 is 5.32 Å². The lowest BCUT2D eigenvalue weighted by atomic mass is 10.0. The second-order valence-corrected chi connectivity index (χ2v) is 21.3. The second kappa shape index (κ2) is 22.3. The molecule has 1 N–H and O–H groups in total. The normalized spacial score (nSPS) is 23.0. The van der Waals surface area contributed by atoms with Crippen LogP contribution in [0.5, 0.6) is 0 Å². The van der Waals surface area contributed by atoms with Crippen molar-refractivity contribution >= 4 is 14.5 Å². The van der Waals surface area contributed by atoms with Crippen LogP contribution in [0.3, 0.4) is 0 Å². The summed E-state index contributed by atoms with van der Waals surface area (Å²) in [6, 6.07) is 0. The van der Waals surface area contributed by atoms with Crippen molar-refractivity contribution in [2.45, 2.75) is 224 Å². The molecule has 2 saturated heterocycles. The Kier molecular flexibility index (Phi) is 20.2. The summed E-state index contributed by atoms with van der Waals surface area (Å²) in [7, 11) is -0.805. The summed E-state index contributed by atoms with van der Waals surface area (Å²) in [5.41, 5.74) is 0. The molecule has 2 rings (SSSR count). The van der Waals surface area contributed by atoms with Gasteiger partial charge < -0.3 is 23.6 Å². The number of rotatable bonds is 25. The van der Waals surface area contributed by atoms with E-state index in [4.69, 9.17) is 18.3 Å². The molecule has 1 amide bonds.